The molecule has 3 unspecified atom stereocenters. The lowest BCUT2D eigenvalue weighted by Gasteiger charge is -2.44. The van der Waals surface area contributed by atoms with Crippen LogP contribution in [-0.4, -0.2) is 38.5 Å². The highest BCUT2D eigenvalue weighted by Crippen LogP contribution is 2.30. The van der Waals surface area contributed by atoms with E-state index in [1.54, 1.807) is 0 Å². The summed E-state index contributed by atoms with van der Waals surface area (Å²) >= 11 is 0. The Kier molecular flexibility index (Phi) is 5.26. The Balaban J connectivity index is 1.68. The second kappa shape index (κ2) is 6.72. The van der Waals surface area contributed by atoms with Crippen LogP contribution in [0.3, 0.4) is 0 Å². The summed E-state index contributed by atoms with van der Waals surface area (Å²) in [7, 11) is 2.01. The molecule has 0 saturated heterocycles. The van der Waals surface area contributed by atoms with Crippen molar-refractivity contribution in [1.29, 1.82) is 0 Å². The maximum atomic E-state index is 6.05. The van der Waals surface area contributed by atoms with E-state index in [0.29, 0.717) is 12.1 Å². The highest BCUT2D eigenvalue weighted by molar-refractivity contribution is 4.96. The van der Waals surface area contributed by atoms with E-state index in [1.807, 2.05) is 7.05 Å². The molecule has 100 valence electrons. The molecule has 0 aromatic rings. The molecule has 2 aliphatic carbocycles. The second-order valence-electron chi connectivity index (χ2n) is 5.43. The van der Waals surface area contributed by atoms with E-state index < -0.39 is 0 Å². The Morgan fingerprint density at radius 3 is 2.53 bits per heavy atom. The van der Waals surface area contributed by atoms with E-state index in [0.717, 1.165) is 25.6 Å². The normalized spacial score (nSPS) is 34.6. The van der Waals surface area contributed by atoms with E-state index >= 15 is 0 Å². The van der Waals surface area contributed by atoms with Gasteiger partial charge in [-0.3, -0.25) is 0 Å². The Labute approximate surface area is 105 Å². The fraction of sp³-hybridized carbons (Fsp3) is 1.00. The summed E-state index contributed by atoms with van der Waals surface area (Å²) in [6.45, 7) is 3.79. The van der Waals surface area contributed by atoms with Crippen molar-refractivity contribution >= 4 is 0 Å². The van der Waals surface area contributed by atoms with Gasteiger partial charge in [-0.05, 0) is 39.2 Å². The lowest BCUT2D eigenvalue weighted by molar-refractivity contribution is -0.150. The third-order valence-electron chi connectivity index (χ3n) is 4.25. The molecule has 0 spiro atoms. The number of hydrogen-bond acceptors (Lipinski definition) is 3. The molecule has 3 heteroatoms. The molecule has 0 aromatic heterocycles. The molecule has 17 heavy (non-hydrogen) atoms. The van der Waals surface area contributed by atoms with Crippen LogP contribution in [0, 0.1) is 5.92 Å². The van der Waals surface area contributed by atoms with Crippen molar-refractivity contribution in [2.75, 3.05) is 20.3 Å². The molecule has 2 fully saturated rings. The minimum absolute atomic E-state index is 0.272. The van der Waals surface area contributed by atoms with Crippen molar-refractivity contribution in [3.05, 3.63) is 0 Å². The van der Waals surface area contributed by atoms with Crippen LogP contribution in [0.4, 0.5) is 0 Å². The summed E-state index contributed by atoms with van der Waals surface area (Å²) < 4.78 is 11.8. The maximum absolute atomic E-state index is 6.05. The zero-order valence-electron chi connectivity index (χ0n) is 11.3. The molecule has 2 aliphatic rings. The van der Waals surface area contributed by atoms with E-state index in [9.17, 15) is 0 Å². The number of likely N-dealkylation sites (N-methyl/N-ethyl adjacent to an activating group) is 1. The highest BCUT2D eigenvalue weighted by atomic mass is 16.5. The first kappa shape index (κ1) is 13.3. The molecule has 3 nitrogen and oxygen atoms in total. The van der Waals surface area contributed by atoms with Gasteiger partial charge in [0.05, 0.1) is 12.2 Å². The summed E-state index contributed by atoms with van der Waals surface area (Å²) in [6, 6.07) is 0.492. The summed E-state index contributed by atoms with van der Waals surface area (Å²) in [5, 5.41) is 3.30. The minimum atomic E-state index is 0.272. The predicted octanol–water partition coefficient (Wildman–Crippen LogP) is 2.35. The van der Waals surface area contributed by atoms with Crippen LogP contribution in [0.2, 0.25) is 0 Å². The first-order valence-electron chi connectivity index (χ1n) is 7.25. The van der Waals surface area contributed by atoms with Crippen LogP contribution in [0.1, 0.15) is 45.4 Å². The number of hydrogen-bond donors (Lipinski definition) is 1. The zero-order valence-corrected chi connectivity index (χ0v) is 11.3. The van der Waals surface area contributed by atoms with Gasteiger partial charge in [0.25, 0.3) is 0 Å². The van der Waals surface area contributed by atoms with Crippen LogP contribution in [0.15, 0.2) is 0 Å². The van der Waals surface area contributed by atoms with Gasteiger partial charge in [-0.15, -0.1) is 0 Å². The van der Waals surface area contributed by atoms with Crippen LogP contribution in [0.5, 0.6) is 0 Å². The standard InChI is InChI=1S/C14H27NO2/c1-3-16-14-12(15-2)9-13(14)17-10-11-7-5-4-6-8-11/h11-15H,3-10H2,1-2H3. The molecule has 2 rings (SSSR count). The Hall–Kier alpha value is -0.120. The summed E-state index contributed by atoms with van der Waals surface area (Å²) in [5.74, 6) is 0.805. The van der Waals surface area contributed by atoms with Gasteiger partial charge in [0, 0.05) is 19.3 Å². The van der Waals surface area contributed by atoms with Crippen molar-refractivity contribution in [3.63, 3.8) is 0 Å². The van der Waals surface area contributed by atoms with Crippen molar-refractivity contribution in [1.82, 2.24) is 5.32 Å². The topological polar surface area (TPSA) is 30.5 Å². The van der Waals surface area contributed by atoms with Crippen molar-refractivity contribution < 1.29 is 9.47 Å². The lowest BCUT2D eigenvalue weighted by Crippen LogP contribution is -2.59. The van der Waals surface area contributed by atoms with E-state index in [4.69, 9.17) is 9.47 Å². The van der Waals surface area contributed by atoms with Crippen LogP contribution < -0.4 is 5.32 Å². The Morgan fingerprint density at radius 1 is 1.12 bits per heavy atom. The number of nitrogens with one attached hydrogen (secondary N) is 1. The van der Waals surface area contributed by atoms with Gasteiger partial charge in [0.15, 0.2) is 0 Å². The largest absolute Gasteiger partial charge is 0.375 e. The molecule has 3 atom stereocenters. The minimum Gasteiger partial charge on any atom is -0.375 e. The summed E-state index contributed by atoms with van der Waals surface area (Å²) in [6.07, 6.45) is 8.64. The average Bonchev–Trinajstić information content (AvgIpc) is 2.36. The van der Waals surface area contributed by atoms with Crippen LogP contribution >= 0.6 is 0 Å². The predicted molar refractivity (Wildman–Crippen MR) is 69.2 cm³/mol. The molecule has 0 aliphatic heterocycles. The summed E-state index contributed by atoms with van der Waals surface area (Å²) in [4.78, 5) is 0. The fourth-order valence-corrected chi connectivity index (χ4v) is 3.06. The zero-order chi connectivity index (χ0) is 12.1. The first-order chi connectivity index (χ1) is 8.35. The van der Waals surface area contributed by atoms with Gasteiger partial charge >= 0.3 is 0 Å². The monoisotopic (exact) mass is 241 g/mol. The SMILES string of the molecule is CCOC1C(NC)CC1OCC1CCCCC1. The molecule has 0 aromatic carbocycles. The van der Waals surface area contributed by atoms with E-state index in [-0.39, 0.29) is 6.10 Å². The van der Waals surface area contributed by atoms with Crippen molar-refractivity contribution in [2.24, 2.45) is 5.92 Å². The van der Waals surface area contributed by atoms with E-state index in [2.05, 4.69) is 12.2 Å². The number of rotatable bonds is 6. The summed E-state index contributed by atoms with van der Waals surface area (Å²) in [5.41, 5.74) is 0. The molecule has 0 radical (unpaired) electrons. The first-order valence-corrected chi connectivity index (χ1v) is 7.25. The smallest absolute Gasteiger partial charge is 0.0990 e. The Bertz CT molecular complexity index is 216. The van der Waals surface area contributed by atoms with E-state index in [1.165, 1.54) is 32.1 Å². The highest BCUT2D eigenvalue weighted by Gasteiger charge is 2.41. The molecule has 0 bridgehead atoms. The Morgan fingerprint density at radius 2 is 1.88 bits per heavy atom. The van der Waals surface area contributed by atoms with Crippen molar-refractivity contribution in [3.8, 4) is 0 Å². The van der Waals surface area contributed by atoms with Crippen LogP contribution in [-0.2, 0) is 9.47 Å². The van der Waals surface area contributed by atoms with Gasteiger partial charge in [-0.1, -0.05) is 19.3 Å². The van der Waals surface area contributed by atoms with Gasteiger partial charge in [0.2, 0.25) is 0 Å². The molecule has 1 N–H and O–H groups in total. The maximum Gasteiger partial charge on any atom is 0.0990 e. The third kappa shape index (κ3) is 3.43. The van der Waals surface area contributed by atoms with Gasteiger partial charge in [-0.25, -0.2) is 0 Å². The van der Waals surface area contributed by atoms with Gasteiger partial charge < -0.3 is 14.8 Å². The molecular formula is C14H27NO2. The number of ether oxygens (including phenoxy) is 2. The quantitative estimate of drug-likeness (QED) is 0.774. The van der Waals surface area contributed by atoms with Gasteiger partial charge in [0.1, 0.15) is 0 Å². The second-order valence-corrected chi connectivity index (χ2v) is 5.43. The molecule has 0 heterocycles. The molecular weight excluding hydrogens is 214 g/mol. The fourth-order valence-electron chi connectivity index (χ4n) is 3.06. The average molecular weight is 241 g/mol. The van der Waals surface area contributed by atoms with Gasteiger partial charge in [-0.2, -0.15) is 0 Å². The van der Waals surface area contributed by atoms with Crippen LogP contribution in [0.25, 0.3) is 0 Å². The molecule has 0 amide bonds. The third-order valence-corrected chi connectivity index (χ3v) is 4.25. The molecule has 2 saturated carbocycles. The lowest BCUT2D eigenvalue weighted by atomic mass is 9.84. The van der Waals surface area contributed by atoms with Crippen molar-refractivity contribution in [2.45, 2.75) is 63.7 Å².